The van der Waals surface area contributed by atoms with Gasteiger partial charge in [0.05, 0.1) is 5.69 Å². The summed E-state index contributed by atoms with van der Waals surface area (Å²) in [6, 6.07) is 6.14. The average Bonchev–Trinajstić information content (AvgIpc) is 3.32. The number of rotatable bonds is 3. The minimum atomic E-state index is -0.260. The molecule has 1 saturated heterocycles. The summed E-state index contributed by atoms with van der Waals surface area (Å²) >= 11 is 1.55. The van der Waals surface area contributed by atoms with Crippen LogP contribution >= 0.6 is 11.3 Å². The van der Waals surface area contributed by atoms with E-state index in [1.807, 2.05) is 19.2 Å². The highest BCUT2D eigenvalue weighted by molar-refractivity contribution is 7.14. The van der Waals surface area contributed by atoms with Gasteiger partial charge in [-0.2, -0.15) is 0 Å². The Bertz CT molecular complexity index is 977. The Morgan fingerprint density at radius 2 is 1.89 bits per heavy atom. The van der Waals surface area contributed by atoms with Crippen molar-refractivity contribution in [3.8, 4) is 11.3 Å². The summed E-state index contributed by atoms with van der Waals surface area (Å²) in [5, 5.41) is 9.55. The number of carbonyl (C=O) groups excluding carboxylic acids is 1. The molecule has 1 aromatic carbocycles. The van der Waals surface area contributed by atoms with Crippen molar-refractivity contribution >= 4 is 28.3 Å². The number of aromatic nitrogens is 2. The zero-order valence-corrected chi connectivity index (χ0v) is 16.4. The van der Waals surface area contributed by atoms with E-state index in [4.69, 9.17) is 4.52 Å². The predicted molar refractivity (Wildman–Crippen MR) is 106 cm³/mol. The van der Waals surface area contributed by atoms with Crippen LogP contribution in [-0.2, 0) is 0 Å². The molecule has 1 aliphatic heterocycles. The first-order valence-corrected chi connectivity index (χ1v) is 9.84. The van der Waals surface area contributed by atoms with Crippen molar-refractivity contribution in [2.75, 3.05) is 36.4 Å². The average molecular weight is 401 g/mol. The lowest BCUT2D eigenvalue weighted by Crippen LogP contribution is -2.50. The van der Waals surface area contributed by atoms with Crippen LogP contribution in [-0.4, -0.2) is 47.3 Å². The third-order valence-corrected chi connectivity index (χ3v) is 5.75. The van der Waals surface area contributed by atoms with Crippen LogP contribution in [0.25, 0.3) is 11.3 Å². The highest BCUT2D eigenvalue weighted by Crippen LogP contribution is 2.28. The molecule has 4 rings (SSSR count). The fourth-order valence-corrected chi connectivity index (χ4v) is 3.87. The van der Waals surface area contributed by atoms with E-state index in [1.165, 1.54) is 12.1 Å². The smallest absolute Gasteiger partial charge is 0.323 e. The lowest BCUT2D eigenvalue weighted by molar-refractivity contribution is 0.208. The number of carbonyl (C=O) groups is 1. The molecule has 2 amide bonds. The van der Waals surface area contributed by atoms with E-state index in [0.717, 1.165) is 22.0 Å². The Hall–Kier alpha value is -2.94. The van der Waals surface area contributed by atoms with E-state index >= 15 is 0 Å². The van der Waals surface area contributed by atoms with Crippen molar-refractivity contribution in [3.63, 3.8) is 0 Å². The van der Waals surface area contributed by atoms with Crippen molar-refractivity contribution in [2.24, 2.45) is 0 Å². The largest absolute Gasteiger partial charge is 0.359 e. The van der Waals surface area contributed by atoms with E-state index in [9.17, 15) is 9.18 Å². The van der Waals surface area contributed by atoms with Crippen LogP contribution in [0.5, 0.6) is 0 Å². The summed E-state index contributed by atoms with van der Waals surface area (Å²) in [6.07, 6.45) is 0. The van der Waals surface area contributed by atoms with Gasteiger partial charge in [0.25, 0.3) is 0 Å². The molecule has 1 fully saturated rings. The second kappa shape index (κ2) is 7.59. The third kappa shape index (κ3) is 3.70. The minimum absolute atomic E-state index is 0.179. The second-order valence-corrected chi connectivity index (χ2v) is 7.48. The van der Waals surface area contributed by atoms with Gasteiger partial charge in [-0.3, -0.25) is 5.32 Å². The van der Waals surface area contributed by atoms with Gasteiger partial charge in [0.2, 0.25) is 0 Å². The predicted octanol–water partition coefficient (Wildman–Crippen LogP) is 3.91. The lowest BCUT2D eigenvalue weighted by atomic mass is 10.2. The number of urea groups is 1. The third-order valence-electron chi connectivity index (χ3n) is 4.85. The van der Waals surface area contributed by atoms with Gasteiger partial charge in [-0.15, -0.1) is 11.3 Å². The van der Waals surface area contributed by atoms with Gasteiger partial charge >= 0.3 is 6.03 Å². The number of piperazine rings is 1. The number of aryl methyl sites for hydroxylation is 1. The molecule has 0 unspecified atom stereocenters. The Kier molecular flexibility index (Phi) is 4.99. The van der Waals surface area contributed by atoms with E-state index in [1.54, 1.807) is 28.4 Å². The Morgan fingerprint density at radius 3 is 2.54 bits per heavy atom. The summed E-state index contributed by atoms with van der Waals surface area (Å²) < 4.78 is 18.2. The number of amides is 2. The van der Waals surface area contributed by atoms with Gasteiger partial charge in [0.15, 0.2) is 10.9 Å². The molecule has 1 N–H and O–H groups in total. The number of hydrogen-bond donors (Lipinski definition) is 1. The number of hydrogen-bond acceptors (Lipinski definition) is 6. The number of nitrogens with zero attached hydrogens (tertiary/aromatic N) is 4. The SMILES string of the molecule is Cc1onc(NC(=O)N2CCN(c3nc(-c4ccc(F)cc4)cs3)CC2)c1C. The maximum Gasteiger partial charge on any atom is 0.323 e. The summed E-state index contributed by atoms with van der Waals surface area (Å²) in [4.78, 5) is 21.0. The van der Waals surface area contributed by atoms with Crippen molar-refractivity contribution in [1.29, 1.82) is 0 Å². The second-order valence-electron chi connectivity index (χ2n) is 6.64. The van der Waals surface area contributed by atoms with Crippen molar-refractivity contribution in [3.05, 3.63) is 46.8 Å². The molecule has 3 aromatic rings. The monoisotopic (exact) mass is 401 g/mol. The summed E-state index contributed by atoms with van der Waals surface area (Å²) in [7, 11) is 0. The molecule has 0 aliphatic carbocycles. The first-order valence-electron chi connectivity index (χ1n) is 8.96. The number of benzene rings is 1. The van der Waals surface area contributed by atoms with Gasteiger partial charge in [0.1, 0.15) is 11.6 Å². The highest BCUT2D eigenvalue weighted by Gasteiger charge is 2.24. The van der Waals surface area contributed by atoms with E-state index in [0.29, 0.717) is 37.8 Å². The van der Waals surface area contributed by atoms with E-state index in [2.05, 4.69) is 20.4 Å². The Labute approximate surface area is 165 Å². The summed E-state index contributed by atoms with van der Waals surface area (Å²) in [5.74, 6) is 0.902. The fourth-order valence-electron chi connectivity index (χ4n) is 2.98. The Morgan fingerprint density at radius 1 is 1.18 bits per heavy atom. The number of thiazole rings is 1. The molecule has 3 heterocycles. The topological polar surface area (TPSA) is 74.5 Å². The van der Waals surface area contributed by atoms with Gasteiger partial charge in [0, 0.05) is 42.7 Å². The molecule has 0 radical (unpaired) electrons. The molecular weight excluding hydrogens is 381 g/mol. The van der Waals surface area contributed by atoms with Crippen LogP contribution < -0.4 is 10.2 Å². The number of anilines is 2. The molecular formula is C19H20FN5O2S. The number of nitrogens with one attached hydrogen (secondary N) is 1. The first kappa shape index (κ1) is 18.4. The maximum atomic E-state index is 13.1. The van der Waals surface area contributed by atoms with Crippen molar-refractivity contribution in [2.45, 2.75) is 13.8 Å². The van der Waals surface area contributed by atoms with Crippen LogP contribution in [0.4, 0.5) is 20.1 Å². The van der Waals surface area contributed by atoms with E-state index < -0.39 is 0 Å². The van der Waals surface area contributed by atoms with E-state index in [-0.39, 0.29) is 11.8 Å². The van der Waals surface area contributed by atoms with Crippen LogP contribution in [0.1, 0.15) is 11.3 Å². The zero-order chi connectivity index (χ0) is 19.7. The molecule has 28 heavy (non-hydrogen) atoms. The van der Waals surface area contributed by atoms with Crippen LogP contribution in [0, 0.1) is 19.7 Å². The fraction of sp³-hybridized carbons (Fsp3) is 0.316. The molecule has 146 valence electrons. The summed E-state index contributed by atoms with van der Waals surface area (Å²) in [5.41, 5.74) is 2.56. The first-order chi connectivity index (χ1) is 13.5. The van der Waals surface area contributed by atoms with Gasteiger partial charge in [-0.1, -0.05) is 5.16 Å². The number of halogens is 1. The highest BCUT2D eigenvalue weighted by atomic mass is 32.1. The lowest BCUT2D eigenvalue weighted by Gasteiger charge is -2.34. The maximum absolute atomic E-state index is 13.1. The molecule has 1 aliphatic rings. The molecule has 0 bridgehead atoms. The van der Waals surface area contributed by atoms with Gasteiger partial charge < -0.3 is 14.3 Å². The standard InChI is InChI=1S/C19H20FN5O2S/c1-12-13(2)27-23-17(12)22-18(26)24-7-9-25(10-8-24)19-21-16(11-28-19)14-3-5-15(20)6-4-14/h3-6,11H,7-10H2,1-2H3,(H,22,23,26). The zero-order valence-electron chi connectivity index (χ0n) is 15.6. The van der Waals surface area contributed by atoms with Crippen LogP contribution in [0.2, 0.25) is 0 Å². The molecule has 0 saturated carbocycles. The Balaban J connectivity index is 1.36. The molecule has 2 aromatic heterocycles. The molecule has 0 spiro atoms. The van der Waals surface area contributed by atoms with Crippen molar-refractivity contribution in [1.82, 2.24) is 15.0 Å². The quantitative estimate of drug-likeness (QED) is 0.720. The van der Waals surface area contributed by atoms with Crippen LogP contribution in [0.15, 0.2) is 34.2 Å². The molecule has 9 heteroatoms. The van der Waals surface area contributed by atoms with Crippen molar-refractivity contribution < 1.29 is 13.7 Å². The summed E-state index contributed by atoms with van der Waals surface area (Å²) in [6.45, 7) is 6.24. The normalized spacial score (nSPS) is 14.4. The van der Waals surface area contributed by atoms with Crippen LogP contribution in [0.3, 0.4) is 0 Å². The van der Waals surface area contributed by atoms with Gasteiger partial charge in [-0.05, 0) is 38.1 Å². The van der Waals surface area contributed by atoms with Gasteiger partial charge in [-0.25, -0.2) is 14.2 Å². The molecule has 0 atom stereocenters. The minimum Gasteiger partial charge on any atom is -0.359 e. The molecule has 7 nitrogen and oxygen atoms in total.